The highest BCUT2D eigenvalue weighted by Crippen LogP contribution is 2.45. The third-order valence-electron chi connectivity index (χ3n) is 10.8. The summed E-state index contributed by atoms with van der Waals surface area (Å²) in [6.07, 6.45) is 8.99. The molecular formula is C49H33N3O2. The van der Waals surface area contributed by atoms with Crippen molar-refractivity contribution in [2.45, 2.75) is 12.6 Å². The highest BCUT2D eigenvalue weighted by molar-refractivity contribution is 6.18. The zero-order chi connectivity index (χ0) is 35.6. The Labute approximate surface area is 311 Å². The van der Waals surface area contributed by atoms with E-state index >= 15 is 0 Å². The van der Waals surface area contributed by atoms with Gasteiger partial charge in [-0.05, 0) is 46.5 Å². The molecule has 256 valence electrons. The Bertz CT molecular complexity index is 3050. The highest BCUT2D eigenvalue weighted by atomic mass is 16.3. The molecule has 7 aromatic carbocycles. The van der Waals surface area contributed by atoms with Crippen LogP contribution in [0.1, 0.15) is 23.7 Å². The van der Waals surface area contributed by atoms with Crippen molar-refractivity contribution in [3.8, 4) is 22.3 Å². The van der Waals surface area contributed by atoms with E-state index in [-0.39, 0.29) is 5.92 Å². The quantitative estimate of drug-likeness (QED) is 0.195. The maximum Gasteiger partial charge on any atom is 0.170 e. The zero-order valence-corrected chi connectivity index (χ0v) is 29.2. The van der Waals surface area contributed by atoms with E-state index in [4.69, 9.17) is 18.8 Å². The first-order valence-corrected chi connectivity index (χ1v) is 18.5. The largest absolute Gasteiger partial charge is 0.455 e. The number of furan rings is 2. The van der Waals surface area contributed by atoms with Crippen LogP contribution in [0, 0.1) is 5.92 Å². The fourth-order valence-corrected chi connectivity index (χ4v) is 8.15. The third kappa shape index (κ3) is 5.01. The number of rotatable bonds is 5. The van der Waals surface area contributed by atoms with Gasteiger partial charge in [-0.2, -0.15) is 0 Å². The Balaban J connectivity index is 1.09. The van der Waals surface area contributed by atoms with Crippen LogP contribution in [0.25, 0.3) is 76.9 Å². The van der Waals surface area contributed by atoms with Crippen LogP contribution in [0.4, 0.5) is 0 Å². The first-order valence-electron chi connectivity index (χ1n) is 18.5. The summed E-state index contributed by atoms with van der Waals surface area (Å²) in [5.74, 6) is 1.82. The first kappa shape index (κ1) is 30.6. The molecule has 2 aromatic heterocycles. The standard InChI is InChI=1S/C49H33N3O2/c1-3-12-30(13-4-1)31-22-24-33(25-23-31)48-50-47(32-14-5-2-6-15-32)51-49(52-48)40-27-26-38(46-44(40)39-18-9-10-21-42(39)53-46)36-19-11-20-37-41-28-34-16-7-8-17-35(34)29-43(41)54-45(36)37/h1-14,16-29,32,49H,15H2,(H,50,51,52). The lowest BCUT2D eigenvalue weighted by molar-refractivity contribution is 0.664. The van der Waals surface area contributed by atoms with Crippen molar-refractivity contribution in [2.75, 3.05) is 0 Å². The predicted molar refractivity (Wildman–Crippen MR) is 222 cm³/mol. The van der Waals surface area contributed by atoms with Crippen LogP contribution in [0.2, 0.25) is 0 Å². The van der Waals surface area contributed by atoms with E-state index in [0.29, 0.717) is 0 Å². The molecule has 0 amide bonds. The summed E-state index contributed by atoms with van der Waals surface area (Å²) in [5, 5.41) is 10.2. The minimum Gasteiger partial charge on any atom is -0.455 e. The lowest BCUT2D eigenvalue weighted by Crippen LogP contribution is -2.39. The number of nitrogens with one attached hydrogen (secondary N) is 1. The summed E-state index contributed by atoms with van der Waals surface area (Å²) < 4.78 is 13.5. The molecule has 0 spiro atoms. The van der Waals surface area contributed by atoms with Gasteiger partial charge in [-0.15, -0.1) is 0 Å². The number of benzene rings is 7. The van der Waals surface area contributed by atoms with Gasteiger partial charge in [0.05, 0.1) is 0 Å². The van der Waals surface area contributed by atoms with Crippen LogP contribution in [-0.2, 0) is 0 Å². The van der Waals surface area contributed by atoms with E-state index in [0.717, 1.165) is 95.2 Å². The molecule has 54 heavy (non-hydrogen) atoms. The Hall–Kier alpha value is -6.98. The number of nitrogens with zero attached hydrogens (tertiary/aromatic N) is 2. The fraction of sp³-hybridized carbons (Fsp3) is 0.0612. The molecule has 11 rings (SSSR count). The molecule has 0 saturated carbocycles. The van der Waals surface area contributed by atoms with Gasteiger partial charge in [0.15, 0.2) is 6.17 Å². The van der Waals surface area contributed by atoms with Gasteiger partial charge < -0.3 is 14.2 Å². The second kappa shape index (κ2) is 12.3. The lowest BCUT2D eigenvalue weighted by atomic mass is 9.95. The maximum absolute atomic E-state index is 6.79. The predicted octanol–water partition coefficient (Wildman–Crippen LogP) is 12.6. The third-order valence-corrected chi connectivity index (χ3v) is 10.8. The van der Waals surface area contributed by atoms with Crippen molar-refractivity contribution in [3.63, 3.8) is 0 Å². The molecule has 5 nitrogen and oxygen atoms in total. The van der Waals surface area contributed by atoms with Crippen LogP contribution >= 0.6 is 0 Å². The van der Waals surface area contributed by atoms with Gasteiger partial charge in [0.1, 0.15) is 34.0 Å². The van der Waals surface area contributed by atoms with Crippen LogP contribution in [0.15, 0.2) is 189 Å². The summed E-state index contributed by atoms with van der Waals surface area (Å²) in [5.41, 5.74) is 9.64. The molecule has 0 saturated heterocycles. The van der Waals surface area contributed by atoms with Crippen LogP contribution in [0.5, 0.6) is 0 Å². The Morgan fingerprint density at radius 1 is 0.537 bits per heavy atom. The van der Waals surface area contributed by atoms with E-state index < -0.39 is 6.17 Å². The van der Waals surface area contributed by atoms with Gasteiger partial charge in [0, 0.05) is 49.7 Å². The summed E-state index contributed by atoms with van der Waals surface area (Å²) in [6, 6.07) is 50.8. The average Bonchev–Trinajstić information content (AvgIpc) is 3.82. The number of hydrogen-bond donors (Lipinski definition) is 1. The Kier molecular flexibility index (Phi) is 6.99. The van der Waals surface area contributed by atoms with Gasteiger partial charge in [-0.3, -0.25) is 0 Å². The minimum absolute atomic E-state index is 0.116. The average molecular weight is 696 g/mol. The number of allylic oxidation sites excluding steroid dienone is 3. The van der Waals surface area contributed by atoms with E-state index in [1.165, 1.54) is 10.9 Å². The van der Waals surface area contributed by atoms with Crippen molar-refractivity contribution in [1.29, 1.82) is 0 Å². The van der Waals surface area contributed by atoms with Crippen LogP contribution < -0.4 is 5.32 Å². The van der Waals surface area contributed by atoms with Gasteiger partial charge in [0.25, 0.3) is 0 Å². The number of hydrogen-bond acceptors (Lipinski definition) is 5. The molecule has 0 radical (unpaired) electrons. The zero-order valence-electron chi connectivity index (χ0n) is 29.2. The Morgan fingerprint density at radius 2 is 1.26 bits per heavy atom. The van der Waals surface area contributed by atoms with E-state index in [2.05, 4.69) is 157 Å². The van der Waals surface area contributed by atoms with E-state index in [9.17, 15) is 0 Å². The Morgan fingerprint density at radius 3 is 2.11 bits per heavy atom. The molecular weight excluding hydrogens is 663 g/mol. The van der Waals surface area contributed by atoms with E-state index in [1.54, 1.807) is 0 Å². The van der Waals surface area contributed by atoms with Crippen LogP contribution in [-0.4, -0.2) is 11.7 Å². The van der Waals surface area contributed by atoms with Crippen molar-refractivity contribution in [3.05, 3.63) is 181 Å². The molecule has 1 aliphatic heterocycles. The van der Waals surface area contributed by atoms with Gasteiger partial charge in [-0.1, -0.05) is 152 Å². The first-order chi connectivity index (χ1) is 26.7. The normalized spacial score (nSPS) is 17.0. The molecule has 1 aliphatic carbocycles. The summed E-state index contributed by atoms with van der Waals surface area (Å²) in [4.78, 5) is 10.7. The molecule has 0 fully saturated rings. The molecule has 1 N–H and O–H groups in total. The molecule has 5 heteroatoms. The molecule has 2 aliphatic rings. The SMILES string of the molecule is C1=CCC(C2=NC(c3ccc(-c4cccc5c4oc4cc6ccccc6cc45)c4oc5ccccc5c34)N=C(c3ccc(-c4ccccc4)cc3)N2)C=C1. The topological polar surface area (TPSA) is 63.0 Å². The number of para-hydroxylation sites is 2. The fourth-order valence-electron chi connectivity index (χ4n) is 8.15. The molecule has 9 aromatic rings. The summed E-state index contributed by atoms with van der Waals surface area (Å²) >= 11 is 0. The van der Waals surface area contributed by atoms with Crippen molar-refractivity contribution in [2.24, 2.45) is 15.9 Å². The summed E-state index contributed by atoms with van der Waals surface area (Å²) in [6.45, 7) is 0. The molecule has 0 bridgehead atoms. The summed E-state index contributed by atoms with van der Waals surface area (Å²) in [7, 11) is 0. The van der Waals surface area contributed by atoms with Gasteiger partial charge in [-0.25, -0.2) is 9.98 Å². The molecule has 2 atom stereocenters. The highest BCUT2D eigenvalue weighted by Gasteiger charge is 2.28. The minimum atomic E-state index is -0.490. The lowest BCUT2D eigenvalue weighted by Gasteiger charge is -2.26. The second-order valence-corrected chi connectivity index (χ2v) is 14.1. The van der Waals surface area contributed by atoms with Crippen molar-refractivity contribution >= 4 is 66.3 Å². The number of aliphatic imine (C=N–C) groups is 2. The molecule has 3 heterocycles. The maximum atomic E-state index is 6.79. The van der Waals surface area contributed by atoms with Gasteiger partial charge >= 0.3 is 0 Å². The van der Waals surface area contributed by atoms with Crippen LogP contribution in [0.3, 0.4) is 0 Å². The monoisotopic (exact) mass is 695 g/mol. The second-order valence-electron chi connectivity index (χ2n) is 14.1. The van der Waals surface area contributed by atoms with Gasteiger partial charge in [0.2, 0.25) is 0 Å². The number of amidine groups is 2. The van der Waals surface area contributed by atoms with Crippen molar-refractivity contribution < 1.29 is 8.83 Å². The van der Waals surface area contributed by atoms with E-state index in [1.807, 2.05) is 18.2 Å². The number of fused-ring (bicyclic) bond motifs is 7. The smallest absolute Gasteiger partial charge is 0.170 e. The van der Waals surface area contributed by atoms with Crippen molar-refractivity contribution in [1.82, 2.24) is 5.32 Å². The molecule has 2 unspecified atom stereocenters.